The van der Waals surface area contributed by atoms with Gasteiger partial charge in [0.2, 0.25) is 5.43 Å². The van der Waals surface area contributed by atoms with Gasteiger partial charge in [-0.1, -0.05) is 18.2 Å². The number of rotatable bonds is 3. The Bertz CT molecular complexity index is 899. The van der Waals surface area contributed by atoms with Crippen LogP contribution in [0.15, 0.2) is 41.5 Å². The second kappa shape index (κ2) is 5.17. The fraction of sp³-hybridized carbons (Fsp3) is 0. The number of pyridine rings is 1. The Morgan fingerprint density at radius 1 is 1.18 bits per heavy atom. The van der Waals surface area contributed by atoms with Crippen molar-refractivity contribution in [1.82, 2.24) is 20.2 Å². The Balaban J connectivity index is 2.14. The van der Waals surface area contributed by atoms with E-state index in [2.05, 4.69) is 20.2 Å². The number of aromatic hydroxyl groups is 1. The van der Waals surface area contributed by atoms with Gasteiger partial charge in [0.1, 0.15) is 6.33 Å². The summed E-state index contributed by atoms with van der Waals surface area (Å²) >= 11 is 0. The molecule has 8 nitrogen and oxygen atoms in total. The zero-order valence-electron chi connectivity index (χ0n) is 11.1. The lowest BCUT2D eigenvalue weighted by Gasteiger charge is -2.06. The highest BCUT2D eigenvalue weighted by Crippen LogP contribution is 2.23. The molecule has 3 aromatic rings. The number of hydrogen-bond donors (Lipinski definition) is 4. The van der Waals surface area contributed by atoms with Crippen LogP contribution in [0.25, 0.3) is 22.6 Å². The fourth-order valence-corrected chi connectivity index (χ4v) is 2.04. The summed E-state index contributed by atoms with van der Waals surface area (Å²) in [5.41, 5.74) is 0.264. The van der Waals surface area contributed by atoms with Crippen LogP contribution < -0.4 is 5.43 Å². The fourth-order valence-electron chi connectivity index (χ4n) is 2.04. The number of carbonyl (C=O) groups is 1. The van der Waals surface area contributed by atoms with Gasteiger partial charge in [-0.05, 0) is 11.6 Å². The smallest absolute Gasteiger partial charge is 0.356 e. The van der Waals surface area contributed by atoms with Gasteiger partial charge >= 0.3 is 5.97 Å². The Hall–Kier alpha value is -3.42. The third kappa shape index (κ3) is 2.33. The minimum atomic E-state index is -1.41. The molecule has 0 amide bonds. The van der Waals surface area contributed by atoms with Crippen LogP contribution in [-0.4, -0.2) is 36.3 Å². The van der Waals surface area contributed by atoms with Crippen molar-refractivity contribution < 1.29 is 15.0 Å². The van der Waals surface area contributed by atoms with Gasteiger partial charge in [0.25, 0.3) is 0 Å². The first-order valence-electron chi connectivity index (χ1n) is 6.22. The molecule has 4 N–H and O–H groups in total. The monoisotopic (exact) mass is 298 g/mol. The van der Waals surface area contributed by atoms with Gasteiger partial charge in [-0.25, -0.2) is 9.78 Å². The Morgan fingerprint density at radius 3 is 2.64 bits per heavy atom. The quantitative estimate of drug-likeness (QED) is 0.575. The van der Waals surface area contributed by atoms with Crippen molar-refractivity contribution in [2.75, 3.05) is 0 Å². The number of carboxylic acid groups (broad SMARTS) is 1. The van der Waals surface area contributed by atoms with E-state index in [1.807, 2.05) is 0 Å². The maximum absolute atomic E-state index is 11.7. The number of aromatic carboxylic acids is 1. The predicted molar refractivity (Wildman–Crippen MR) is 76.5 cm³/mol. The molecule has 0 saturated carbocycles. The molecule has 0 saturated heterocycles. The number of H-pyrrole nitrogens is 2. The number of aromatic nitrogens is 4. The van der Waals surface area contributed by atoms with Crippen LogP contribution in [0.2, 0.25) is 0 Å². The summed E-state index contributed by atoms with van der Waals surface area (Å²) < 4.78 is 0. The molecular formula is C14H10N4O4. The van der Waals surface area contributed by atoms with Crippen LogP contribution in [0.3, 0.4) is 0 Å². The second-order valence-electron chi connectivity index (χ2n) is 4.49. The van der Waals surface area contributed by atoms with Crippen LogP contribution in [0, 0.1) is 0 Å². The van der Waals surface area contributed by atoms with E-state index in [0.29, 0.717) is 11.4 Å². The summed E-state index contributed by atoms with van der Waals surface area (Å²) in [6.07, 6.45) is 1.37. The van der Waals surface area contributed by atoms with Crippen molar-refractivity contribution in [3.05, 3.63) is 52.6 Å². The van der Waals surface area contributed by atoms with Crippen molar-refractivity contribution in [3.63, 3.8) is 0 Å². The molecular weight excluding hydrogens is 288 g/mol. The van der Waals surface area contributed by atoms with Gasteiger partial charge in [-0.3, -0.25) is 9.89 Å². The molecule has 0 atom stereocenters. The highest BCUT2D eigenvalue weighted by Gasteiger charge is 2.15. The number of nitrogens with one attached hydrogen (secondary N) is 2. The minimum absolute atomic E-state index is 0.279. The summed E-state index contributed by atoms with van der Waals surface area (Å²) in [6.45, 7) is 0. The molecule has 0 aliphatic carbocycles. The first-order valence-corrected chi connectivity index (χ1v) is 6.22. The lowest BCUT2D eigenvalue weighted by molar-refractivity contribution is 0.0687. The topological polar surface area (TPSA) is 132 Å². The minimum Gasteiger partial charge on any atom is -0.502 e. The van der Waals surface area contributed by atoms with E-state index in [1.54, 1.807) is 24.3 Å². The zero-order valence-corrected chi connectivity index (χ0v) is 11.1. The molecule has 22 heavy (non-hydrogen) atoms. The highest BCUT2D eigenvalue weighted by molar-refractivity contribution is 5.89. The van der Waals surface area contributed by atoms with Crippen molar-refractivity contribution in [2.45, 2.75) is 0 Å². The molecule has 2 aromatic heterocycles. The van der Waals surface area contributed by atoms with E-state index in [-0.39, 0.29) is 5.69 Å². The summed E-state index contributed by atoms with van der Waals surface area (Å²) in [6, 6.07) is 8.09. The number of aromatic amines is 2. The Morgan fingerprint density at radius 2 is 1.95 bits per heavy atom. The molecule has 0 spiro atoms. The van der Waals surface area contributed by atoms with Crippen LogP contribution >= 0.6 is 0 Å². The van der Waals surface area contributed by atoms with Crippen LogP contribution in [0.1, 0.15) is 10.5 Å². The van der Waals surface area contributed by atoms with Crippen molar-refractivity contribution in [3.8, 4) is 28.4 Å². The zero-order chi connectivity index (χ0) is 15.7. The molecule has 0 bridgehead atoms. The SMILES string of the molecule is O=C(O)c1[nH]c(-c2cccc(-c3ncn[nH]3)c2)cc(=O)c1O. The van der Waals surface area contributed by atoms with Gasteiger partial charge in [0.05, 0.1) is 5.69 Å². The predicted octanol–water partition coefficient (Wildman–Crippen LogP) is 1.23. The summed E-state index contributed by atoms with van der Waals surface area (Å²) in [4.78, 5) is 29.3. The number of benzene rings is 1. The first-order chi connectivity index (χ1) is 10.6. The third-order valence-electron chi connectivity index (χ3n) is 3.08. The van der Waals surface area contributed by atoms with Crippen LogP contribution in [0.4, 0.5) is 0 Å². The molecule has 0 aliphatic rings. The van der Waals surface area contributed by atoms with Gasteiger partial charge in [0.15, 0.2) is 17.3 Å². The largest absolute Gasteiger partial charge is 0.502 e. The number of nitrogens with zero attached hydrogens (tertiary/aromatic N) is 2. The summed E-state index contributed by atoms with van der Waals surface area (Å²) in [7, 11) is 0. The van der Waals surface area contributed by atoms with Gasteiger partial charge in [-0.15, -0.1) is 0 Å². The molecule has 1 aromatic carbocycles. The van der Waals surface area contributed by atoms with Gasteiger partial charge in [0, 0.05) is 11.6 Å². The molecule has 0 unspecified atom stereocenters. The van der Waals surface area contributed by atoms with Gasteiger partial charge in [-0.2, -0.15) is 5.10 Å². The first kappa shape index (κ1) is 13.6. The lowest BCUT2D eigenvalue weighted by atomic mass is 10.1. The van der Waals surface area contributed by atoms with Gasteiger partial charge < -0.3 is 15.2 Å². The standard InChI is InChI=1S/C14H10N4O4/c19-10-5-9(17-11(12(10)20)14(21)22)7-2-1-3-8(4-7)13-15-6-16-18-13/h1-6,20H,(H,17,19)(H,21,22)(H,15,16,18). The van der Waals surface area contributed by atoms with Crippen molar-refractivity contribution in [2.24, 2.45) is 0 Å². The normalized spacial score (nSPS) is 10.5. The highest BCUT2D eigenvalue weighted by atomic mass is 16.4. The number of hydrogen-bond acceptors (Lipinski definition) is 5. The van der Waals surface area contributed by atoms with E-state index in [0.717, 1.165) is 11.6 Å². The molecule has 8 heteroatoms. The average molecular weight is 298 g/mol. The average Bonchev–Trinajstić information content (AvgIpc) is 3.04. The Kier molecular flexibility index (Phi) is 3.18. The van der Waals surface area contributed by atoms with E-state index < -0.39 is 22.8 Å². The van der Waals surface area contributed by atoms with E-state index in [4.69, 9.17) is 5.11 Å². The summed E-state index contributed by atoms with van der Waals surface area (Å²) in [5, 5.41) is 25.0. The molecule has 2 heterocycles. The second-order valence-corrected chi connectivity index (χ2v) is 4.49. The van der Waals surface area contributed by atoms with Crippen molar-refractivity contribution in [1.29, 1.82) is 0 Å². The Labute approximate surface area is 123 Å². The molecule has 110 valence electrons. The van der Waals surface area contributed by atoms with Crippen LogP contribution in [-0.2, 0) is 0 Å². The summed E-state index contributed by atoms with van der Waals surface area (Å²) in [5.74, 6) is -1.69. The maximum Gasteiger partial charge on any atom is 0.356 e. The molecule has 0 aliphatic heterocycles. The van der Waals surface area contributed by atoms with Crippen molar-refractivity contribution >= 4 is 5.97 Å². The van der Waals surface area contributed by atoms with Crippen LogP contribution in [0.5, 0.6) is 5.75 Å². The van der Waals surface area contributed by atoms with E-state index in [1.165, 1.54) is 6.33 Å². The number of carboxylic acids is 1. The molecule has 3 rings (SSSR count). The lowest BCUT2D eigenvalue weighted by Crippen LogP contribution is -2.10. The van der Waals surface area contributed by atoms with E-state index in [9.17, 15) is 14.7 Å². The molecule has 0 fully saturated rings. The third-order valence-corrected chi connectivity index (χ3v) is 3.08. The maximum atomic E-state index is 11.7. The molecule has 0 radical (unpaired) electrons. The van der Waals surface area contributed by atoms with E-state index >= 15 is 0 Å².